The molecule has 0 aliphatic heterocycles. The molecule has 138 valence electrons. The minimum Gasteiger partial charge on any atom is -0.380 e. The van der Waals surface area contributed by atoms with E-state index in [0.29, 0.717) is 23.3 Å². The summed E-state index contributed by atoms with van der Waals surface area (Å²) in [7, 11) is 0. The second-order valence-electron chi connectivity index (χ2n) is 7.77. The van der Waals surface area contributed by atoms with Gasteiger partial charge in [-0.2, -0.15) is 0 Å². The van der Waals surface area contributed by atoms with Gasteiger partial charge >= 0.3 is 0 Å². The fourth-order valence-electron chi connectivity index (χ4n) is 2.87. The van der Waals surface area contributed by atoms with Gasteiger partial charge in [0.05, 0.1) is 0 Å². The average Bonchev–Trinajstić information content (AvgIpc) is 2.51. The average molecular weight is 338 g/mol. The maximum Gasteiger partial charge on any atom is 0.253 e. The number of nitrogens with zero attached hydrogens (tertiary/aromatic N) is 1. The van der Waals surface area contributed by atoms with E-state index in [-0.39, 0.29) is 10.9 Å². The summed E-state index contributed by atoms with van der Waals surface area (Å²) in [5.74, 6) is 0. The van der Waals surface area contributed by atoms with Crippen LogP contribution in [0.4, 0.5) is 11.4 Å². The van der Waals surface area contributed by atoms with Crippen LogP contribution in [0, 0.1) is 5.41 Å². The Morgan fingerprint density at radius 2 is 1.33 bits per heavy atom. The Morgan fingerprint density at radius 3 is 1.79 bits per heavy atom. The predicted octanol–water partition coefficient (Wildman–Crippen LogP) is 3.05. The van der Waals surface area contributed by atoms with Crippen molar-refractivity contribution in [2.45, 2.75) is 60.3 Å². The molecule has 1 aromatic rings. The van der Waals surface area contributed by atoms with Crippen molar-refractivity contribution in [3.63, 3.8) is 0 Å². The first kappa shape index (κ1) is 20.7. The van der Waals surface area contributed by atoms with Gasteiger partial charge in [0.1, 0.15) is 11.4 Å². The number of hydrogen-bond donors (Lipinski definition) is 2. The second kappa shape index (κ2) is 9.82. The summed E-state index contributed by atoms with van der Waals surface area (Å²) in [6, 6.07) is 0. The van der Waals surface area contributed by atoms with E-state index in [2.05, 4.69) is 50.2 Å². The molecule has 1 rings (SSSR count). The van der Waals surface area contributed by atoms with Crippen LogP contribution >= 0.6 is 0 Å². The van der Waals surface area contributed by atoms with Crippen molar-refractivity contribution in [1.82, 2.24) is 4.90 Å². The molecular weight excluding hydrogens is 302 g/mol. The summed E-state index contributed by atoms with van der Waals surface area (Å²) in [5, 5.41) is 6.30. The van der Waals surface area contributed by atoms with Crippen LogP contribution in [-0.2, 0) is 0 Å². The van der Waals surface area contributed by atoms with Crippen LogP contribution in [-0.4, -0.2) is 37.6 Å². The van der Waals surface area contributed by atoms with Gasteiger partial charge in [-0.05, 0) is 44.2 Å². The van der Waals surface area contributed by atoms with Gasteiger partial charge in [0, 0.05) is 19.6 Å². The molecule has 0 fully saturated rings. The van der Waals surface area contributed by atoms with Gasteiger partial charge in [-0.1, -0.05) is 34.6 Å². The van der Waals surface area contributed by atoms with E-state index in [1.807, 2.05) is 0 Å². The second-order valence-corrected chi connectivity index (χ2v) is 7.77. The van der Waals surface area contributed by atoms with Gasteiger partial charge in [0.2, 0.25) is 0 Å². The van der Waals surface area contributed by atoms with Crippen LogP contribution in [0.5, 0.6) is 0 Å². The molecule has 0 saturated carbocycles. The lowest BCUT2D eigenvalue weighted by Gasteiger charge is -2.22. The molecule has 2 N–H and O–H groups in total. The lowest BCUT2D eigenvalue weighted by molar-refractivity contribution is 0.285. The standard InChI is InChI=1S/C19H35N3O2/c1-6-12-22(13-7-2)14-11-21-16-15(17(23)18(16)24)20-10-8-9-19(3,4)5/h20-21H,6-14H2,1-5H3. The van der Waals surface area contributed by atoms with E-state index in [1.54, 1.807) is 0 Å². The fourth-order valence-corrected chi connectivity index (χ4v) is 2.87. The Labute approximate surface area is 146 Å². The SMILES string of the molecule is CCCN(CCC)CCNc1c(NCCCC(C)(C)C)c(=O)c1=O. The van der Waals surface area contributed by atoms with Gasteiger partial charge in [0.15, 0.2) is 0 Å². The molecule has 0 heterocycles. The quantitative estimate of drug-likeness (QED) is 0.453. The molecule has 24 heavy (non-hydrogen) atoms. The maximum atomic E-state index is 11.8. The smallest absolute Gasteiger partial charge is 0.253 e. The summed E-state index contributed by atoms with van der Waals surface area (Å²) in [6.07, 6.45) is 4.32. The van der Waals surface area contributed by atoms with Crippen molar-refractivity contribution >= 4 is 11.4 Å². The van der Waals surface area contributed by atoms with Crippen molar-refractivity contribution in [2.75, 3.05) is 43.4 Å². The van der Waals surface area contributed by atoms with E-state index in [1.165, 1.54) is 0 Å². The molecule has 0 aromatic heterocycles. The van der Waals surface area contributed by atoms with Gasteiger partial charge in [-0.15, -0.1) is 0 Å². The minimum absolute atomic E-state index is 0.290. The molecule has 0 bridgehead atoms. The van der Waals surface area contributed by atoms with Crippen LogP contribution in [0.3, 0.4) is 0 Å². The fraction of sp³-hybridized carbons (Fsp3) is 0.789. The Balaban J connectivity index is 2.45. The number of anilines is 2. The summed E-state index contributed by atoms with van der Waals surface area (Å²) >= 11 is 0. The zero-order valence-corrected chi connectivity index (χ0v) is 16.1. The van der Waals surface area contributed by atoms with Crippen molar-refractivity contribution in [3.05, 3.63) is 20.4 Å². The highest BCUT2D eigenvalue weighted by Gasteiger charge is 2.20. The molecule has 1 aromatic carbocycles. The van der Waals surface area contributed by atoms with Gasteiger partial charge < -0.3 is 15.5 Å². The Kier molecular flexibility index (Phi) is 8.46. The van der Waals surface area contributed by atoms with E-state index >= 15 is 0 Å². The molecule has 0 radical (unpaired) electrons. The minimum atomic E-state index is -0.383. The zero-order chi connectivity index (χ0) is 18.2. The molecular formula is C19H35N3O2. The highest BCUT2D eigenvalue weighted by molar-refractivity contribution is 5.73. The molecule has 0 spiro atoms. The first-order valence-electron chi connectivity index (χ1n) is 9.33. The molecule has 0 aliphatic carbocycles. The molecule has 0 aliphatic rings. The molecule has 5 heteroatoms. The zero-order valence-electron chi connectivity index (χ0n) is 16.1. The summed E-state index contributed by atoms with van der Waals surface area (Å²) in [5.41, 5.74) is 0.478. The van der Waals surface area contributed by atoms with Crippen LogP contribution in [0.25, 0.3) is 0 Å². The Morgan fingerprint density at radius 1 is 0.833 bits per heavy atom. The molecule has 0 atom stereocenters. The summed E-state index contributed by atoms with van der Waals surface area (Å²) < 4.78 is 0. The summed E-state index contributed by atoms with van der Waals surface area (Å²) in [6.45, 7) is 15.4. The first-order valence-corrected chi connectivity index (χ1v) is 9.33. The molecule has 0 saturated heterocycles. The van der Waals surface area contributed by atoms with Gasteiger partial charge in [-0.3, -0.25) is 9.59 Å². The lowest BCUT2D eigenvalue weighted by atomic mass is 9.90. The van der Waals surface area contributed by atoms with E-state index in [0.717, 1.165) is 51.9 Å². The van der Waals surface area contributed by atoms with Crippen molar-refractivity contribution in [1.29, 1.82) is 0 Å². The monoisotopic (exact) mass is 337 g/mol. The van der Waals surface area contributed by atoms with Crippen molar-refractivity contribution < 1.29 is 0 Å². The van der Waals surface area contributed by atoms with Gasteiger partial charge in [0.25, 0.3) is 10.9 Å². The third-order valence-corrected chi connectivity index (χ3v) is 4.13. The van der Waals surface area contributed by atoms with Gasteiger partial charge in [-0.25, -0.2) is 0 Å². The number of hydrogen-bond acceptors (Lipinski definition) is 5. The molecule has 0 amide bonds. The van der Waals surface area contributed by atoms with Crippen molar-refractivity contribution in [3.8, 4) is 0 Å². The topological polar surface area (TPSA) is 61.4 Å². The number of nitrogens with one attached hydrogen (secondary N) is 2. The van der Waals surface area contributed by atoms with E-state index in [4.69, 9.17) is 0 Å². The lowest BCUT2D eigenvalue weighted by Crippen LogP contribution is -2.39. The maximum absolute atomic E-state index is 11.8. The molecule has 0 unspecified atom stereocenters. The third-order valence-electron chi connectivity index (χ3n) is 4.13. The molecule has 5 nitrogen and oxygen atoms in total. The van der Waals surface area contributed by atoms with Crippen LogP contribution in [0.1, 0.15) is 60.3 Å². The number of rotatable bonds is 12. The highest BCUT2D eigenvalue weighted by atomic mass is 16.2. The Hall–Kier alpha value is -1.36. The largest absolute Gasteiger partial charge is 0.380 e. The van der Waals surface area contributed by atoms with Crippen LogP contribution in [0.15, 0.2) is 9.59 Å². The van der Waals surface area contributed by atoms with Crippen LogP contribution in [0.2, 0.25) is 0 Å². The van der Waals surface area contributed by atoms with E-state index < -0.39 is 0 Å². The third kappa shape index (κ3) is 6.63. The predicted molar refractivity (Wildman–Crippen MR) is 104 cm³/mol. The van der Waals surface area contributed by atoms with Crippen molar-refractivity contribution in [2.24, 2.45) is 5.41 Å². The normalized spacial score (nSPS) is 12.1. The van der Waals surface area contributed by atoms with Crippen LogP contribution < -0.4 is 21.5 Å². The van der Waals surface area contributed by atoms with E-state index in [9.17, 15) is 9.59 Å². The summed E-state index contributed by atoms with van der Waals surface area (Å²) in [4.78, 5) is 25.9. The Bertz CT molecular complexity index is 548. The first-order chi connectivity index (χ1) is 11.3. The highest BCUT2D eigenvalue weighted by Crippen LogP contribution is 2.21.